The number of imidazole rings is 1. The number of hydrogen-bond donors (Lipinski definition) is 3. The van der Waals surface area contributed by atoms with E-state index in [4.69, 9.17) is 15.7 Å². The van der Waals surface area contributed by atoms with Crippen LogP contribution in [0.4, 0.5) is 15.9 Å². The van der Waals surface area contributed by atoms with Gasteiger partial charge in [0.2, 0.25) is 0 Å². The van der Waals surface area contributed by atoms with Crippen LogP contribution in [0.25, 0.3) is 34.1 Å². The minimum atomic E-state index is -1.17. The fraction of sp³-hybridized carbons (Fsp3) is 0.129. The second-order valence-corrected chi connectivity index (χ2v) is 10.5. The smallest absolute Gasteiger partial charge is 0.283 e. The molecule has 0 fully saturated rings. The number of carbonyl (C=O) groups excluding carboxylic acids is 2. The molecule has 5 heterocycles. The maximum absolute atomic E-state index is 13.3. The summed E-state index contributed by atoms with van der Waals surface area (Å²) in [5, 5.41) is 13.7. The van der Waals surface area contributed by atoms with E-state index in [0.29, 0.717) is 47.0 Å². The Kier molecular flexibility index (Phi) is 6.65. The molecule has 0 saturated heterocycles. The number of nitrogens with zero attached hydrogens (tertiary/aromatic N) is 8. The fourth-order valence-electron chi connectivity index (χ4n) is 5.62. The Bertz CT molecular complexity index is 2130. The number of halogens is 1. The van der Waals surface area contributed by atoms with Gasteiger partial charge in [-0.05, 0) is 66.4 Å². The zero-order valence-electron chi connectivity index (χ0n) is 24.0. The first kappa shape index (κ1) is 27.6. The number of carbonyl (C=O) groups is 2. The lowest BCUT2D eigenvalue weighted by Crippen LogP contribution is -2.30. The molecule has 1 aliphatic carbocycles. The number of nitrogens with one attached hydrogen (secondary N) is 2. The predicted octanol–water partition coefficient (Wildman–Crippen LogP) is 3.82. The van der Waals surface area contributed by atoms with Crippen LogP contribution in [0.1, 0.15) is 34.1 Å². The van der Waals surface area contributed by atoms with Crippen molar-refractivity contribution in [3.05, 3.63) is 103 Å². The van der Waals surface area contributed by atoms with Gasteiger partial charge in [0.05, 0.1) is 23.5 Å². The summed E-state index contributed by atoms with van der Waals surface area (Å²) in [5.74, 6) is -1.11. The van der Waals surface area contributed by atoms with Crippen molar-refractivity contribution in [1.29, 1.82) is 0 Å². The first-order valence-corrected chi connectivity index (χ1v) is 14.0. The van der Waals surface area contributed by atoms with E-state index >= 15 is 0 Å². The van der Waals surface area contributed by atoms with Crippen LogP contribution >= 0.6 is 0 Å². The molecule has 6 aromatic rings. The molecular formula is C31H26FN11O2. The molecule has 7 rings (SSSR count). The zero-order chi connectivity index (χ0) is 31.2. The Morgan fingerprint density at radius 2 is 1.96 bits per heavy atom. The lowest BCUT2D eigenvalue weighted by molar-refractivity contribution is -0.114. The number of fused-ring (bicyclic) bond motifs is 2. The average Bonchev–Trinajstić information content (AvgIpc) is 3.83. The predicted molar refractivity (Wildman–Crippen MR) is 164 cm³/mol. The fourth-order valence-corrected chi connectivity index (χ4v) is 5.62. The maximum atomic E-state index is 13.3. The van der Waals surface area contributed by atoms with E-state index in [1.165, 1.54) is 10.9 Å². The number of rotatable bonds is 7. The second-order valence-electron chi connectivity index (χ2n) is 10.5. The third-order valence-corrected chi connectivity index (χ3v) is 7.72. The molecule has 1 unspecified atom stereocenters. The van der Waals surface area contributed by atoms with Gasteiger partial charge in [-0.2, -0.15) is 10.2 Å². The van der Waals surface area contributed by atoms with E-state index in [1.807, 2.05) is 47.2 Å². The van der Waals surface area contributed by atoms with E-state index < -0.39 is 17.6 Å². The highest BCUT2D eigenvalue weighted by molar-refractivity contribution is 6.06. The van der Waals surface area contributed by atoms with Gasteiger partial charge in [-0.15, -0.1) is 0 Å². The van der Waals surface area contributed by atoms with Gasteiger partial charge in [-0.3, -0.25) is 18.8 Å². The van der Waals surface area contributed by atoms with Gasteiger partial charge >= 0.3 is 0 Å². The summed E-state index contributed by atoms with van der Waals surface area (Å²) in [4.78, 5) is 39.3. The minimum Gasteiger partial charge on any atom is -0.383 e. The standard InChI is InChI=1S/C31H26FN11O2/c1-17(32)30(44)39-24-16-36-41(2)26(24)31(45)38-22-9-6-18-15-19(7-8-20(18)22)43-28(21-5-3-12-34-27(21)33)37-23-10-11-25(40-29(23)43)42-14-4-13-35-42/h3-5,7-8,10-16,22H,1,6,9H2,2H3,(H2,33,34)(H,38,45)(H,39,44). The van der Waals surface area contributed by atoms with Crippen molar-refractivity contribution in [1.82, 2.24) is 44.4 Å². The Hall–Kier alpha value is -6.18. The first-order valence-electron chi connectivity index (χ1n) is 14.0. The van der Waals surface area contributed by atoms with E-state index in [-0.39, 0.29) is 17.4 Å². The minimum absolute atomic E-state index is 0.0866. The number of aryl methyl sites for hydroxylation is 2. The van der Waals surface area contributed by atoms with Gasteiger partial charge in [0.1, 0.15) is 17.0 Å². The monoisotopic (exact) mass is 603 g/mol. The highest BCUT2D eigenvalue weighted by atomic mass is 19.1. The summed E-state index contributed by atoms with van der Waals surface area (Å²) in [6.07, 6.45) is 7.78. The van der Waals surface area contributed by atoms with E-state index in [9.17, 15) is 14.0 Å². The summed E-state index contributed by atoms with van der Waals surface area (Å²) in [6.45, 7) is 3.00. The van der Waals surface area contributed by atoms with Gasteiger partial charge < -0.3 is 16.4 Å². The number of nitrogen functional groups attached to an aromatic ring is 1. The summed E-state index contributed by atoms with van der Waals surface area (Å²) < 4.78 is 18.3. The van der Waals surface area contributed by atoms with E-state index in [2.05, 4.69) is 38.5 Å². The van der Waals surface area contributed by atoms with Gasteiger partial charge in [-0.1, -0.05) is 12.6 Å². The van der Waals surface area contributed by atoms with E-state index in [1.54, 1.807) is 30.2 Å². The number of amides is 2. The Morgan fingerprint density at radius 3 is 2.73 bits per heavy atom. The molecule has 0 aliphatic heterocycles. The quantitative estimate of drug-likeness (QED) is 0.232. The average molecular weight is 604 g/mol. The van der Waals surface area contributed by atoms with Crippen molar-refractivity contribution in [3.8, 4) is 22.9 Å². The number of aromatic nitrogens is 8. The van der Waals surface area contributed by atoms with Crippen LogP contribution in [-0.2, 0) is 18.3 Å². The lowest BCUT2D eigenvalue weighted by Gasteiger charge is -2.16. The van der Waals surface area contributed by atoms with Crippen LogP contribution in [0.2, 0.25) is 0 Å². The number of pyridine rings is 2. The van der Waals surface area contributed by atoms with Crippen LogP contribution < -0.4 is 16.4 Å². The second kappa shape index (κ2) is 10.8. The molecule has 1 aliphatic rings. The largest absolute Gasteiger partial charge is 0.383 e. The SMILES string of the molecule is C=C(F)C(=O)Nc1cnn(C)c1C(=O)NC1CCc2cc(-n3c(-c4cccnc4N)nc4ccc(-n5cccn5)nc43)ccc21. The van der Waals surface area contributed by atoms with Crippen molar-refractivity contribution in [2.24, 2.45) is 7.05 Å². The van der Waals surface area contributed by atoms with Crippen LogP contribution in [0.5, 0.6) is 0 Å². The molecule has 0 radical (unpaired) electrons. The highest BCUT2D eigenvalue weighted by Crippen LogP contribution is 2.36. The number of hydrogen-bond acceptors (Lipinski definition) is 8. The van der Waals surface area contributed by atoms with Crippen molar-refractivity contribution in [2.45, 2.75) is 18.9 Å². The van der Waals surface area contributed by atoms with Gasteiger partial charge in [0, 0.05) is 31.3 Å². The van der Waals surface area contributed by atoms with Crippen LogP contribution in [0, 0.1) is 0 Å². The zero-order valence-corrected chi connectivity index (χ0v) is 24.0. The van der Waals surface area contributed by atoms with Crippen LogP contribution in [-0.4, -0.2) is 50.9 Å². The van der Waals surface area contributed by atoms with Crippen molar-refractivity contribution >= 4 is 34.5 Å². The first-order chi connectivity index (χ1) is 21.8. The van der Waals surface area contributed by atoms with Gasteiger partial charge in [0.15, 0.2) is 23.1 Å². The molecule has 2 amide bonds. The number of nitrogens with two attached hydrogens (primary N) is 1. The van der Waals surface area contributed by atoms with Crippen molar-refractivity contribution in [3.63, 3.8) is 0 Å². The molecule has 0 bridgehead atoms. The van der Waals surface area contributed by atoms with E-state index in [0.717, 1.165) is 16.8 Å². The lowest BCUT2D eigenvalue weighted by atomic mass is 10.1. The molecule has 5 aromatic heterocycles. The van der Waals surface area contributed by atoms with Gasteiger partial charge in [-0.25, -0.2) is 24.0 Å². The molecule has 1 aromatic carbocycles. The Labute approximate surface area is 255 Å². The molecule has 1 atom stereocenters. The molecule has 45 heavy (non-hydrogen) atoms. The third kappa shape index (κ3) is 4.87. The van der Waals surface area contributed by atoms with Crippen molar-refractivity contribution < 1.29 is 14.0 Å². The molecule has 4 N–H and O–H groups in total. The summed E-state index contributed by atoms with van der Waals surface area (Å²) in [7, 11) is 1.57. The Balaban J connectivity index is 1.25. The van der Waals surface area contributed by atoms with Crippen LogP contribution in [0.15, 0.2) is 85.7 Å². The van der Waals surface area contributed by atoms with Gasteiger partial charge in [0.25, 0.3) is 11.8 Å². The summed E-state index contributed by atoms with van der Waals surface area (Å²) in [5.41, 5.74) is 11.2. The normalized spacial score (nSPS) is 14.0. The Morgan fingerprint density at radius 1 is 1.09 bits per heavy atom. The van der Waals surface area contributed by atoms with Crippen molar-refractivity contribution in [2.75, 3.05) is 11.1 Å². The molecule has 13 nitrogen and oxygen atoms in total. The topological polar surface area (TPSA) is 163 Å². The number of anilines is 2. The molecule has 224 valence electrons. The van der Waals surface area contributed by atoms with Crippen LogP contribution in [0.3, 0.4) is 0 Å². The third-order valence-electron chi connectivity index (χ3n) is 7.72. The molecule has 14 heteroatoms. The summed E-state index contributed by atoms with van der Waals surface area (Å²) >= 11 is 0. The highest BCUT2D eigenvalue weighted by Gasteiger charge is 2.28. The molecule has 0 saturated carbocycles. The molecular weight excluding hydrogens is 577 g/mol. The summed E-state index contributed by atoms with van der Waals surface area (Å²) in [6, 6.07) is 14.9. The maximum Gasteiger partial charge on any atom is 0.283 e. The molecule has 0 spiro atoms. The number of benzene rings is 1.